The Morgan fingerprint density at radius 2 is 2.12 bits per heavy atom. The molecule has 1 aromatic heterocycles. The monoisotopic (exact) mass is 257 g/mol. The normalized spacial score (nSPS) is 13.2. The van der Waals surface area contributed by atoms with Crippen LogP contribution in [0.5, 0.6) is 5.88 Å². The molecule has 0 saturated carbocycles. The first-order chi connectivity index (χ1) is 7.97. The molecule has 0 aliphatic rings. The topological polar surface area (TPSA) is 47.0 Å². The fourth-order valence-corrected chi connectivity index (χ4v) is 1.74. The molecular weight excluding hydrogens is 238 g/mol. The third-order valence-electron chi connectivity index (χ3n) is 2.59. The number of alkyl halides is 1. The SMILES string of the molecule is COc1cncc(NC(CCCl)C(C)(C)C)n1. The van der Waals surface area contributed by atoms with Crippen molar-refractivity contribution in [3.05, 3.63) is 12.4 Å². The molecule has 96 valence electrons. The summed E-state index contributed by atoms with van der Waals surface area (Å²) in [5.74, 6) is 1.84. The first kappa shape index (κ1) is 14.0. The van der Waals surface area contributed by atoms with Crippen molar-refractivity contribution in [1.82, 2.24) is 9.97 Å². The number of ether oxygens (including phenoxy) is 1. The van der Waals surface area contributed by atoms with Crippen molar-refractivity contribution < 1.29 is 4.74 Å². The lowest BCUT2D eigenvalue weighted by Gasteiger charge is -2.31. The molecule has 1 unspecified atom stereocenters. The maximum Gasteiger partial charge on any atom is 0.233 e. The van der Waals surface area contributed by atoms with Crippen molar-refractivity contribution in [2.75, 3.05) is 18.3 Å². The van der Waals surface area contributed by atoms with Crippen LogP contribution in [0.15, 0.2) is 12.4 Å². The summed E-state index contributed by atoms with van der Waals surface area (Å²) in [5.41, 5.74) is 0.111. The summed E-state index contributed by atoms with van der Waals surface area (Å²) in [7, 11) is 1.58. The van der Waals surface area contributed by atoms with Crippen molar-refractivity contribution in [1.29, 1.82) is 0 Å². The van der Waals surface area contributed by atoms with E-state index in [4.69, 9.17) is 16.3 Å². The maximum atomic E-state index is 5.83. The Morgan fingerprint density at radius 3 is 2.65 bits per heavy atom. The average molecular weight is 258 g/mol. The van der Waals surface area contributed by atoms with Gasteiger partial charge in [0.2, 0.25) is 5.88 Å². The van der Waals surface area contributed by atoms with Crippen molar-refractivity contribution in [3.63, 3.8) is 0 Å². The molecule has 0 aliphatic heterocycles. The summed E-state index contributed by atoms with van der Waals surface area (Å²) >= 11 is 5.83. The van der Waals surface area contributed by atoms with Gasteiger partial charge in [0.15, 0.2) is 0 Å². The molecule has 0 aliphatic carbocycles. The van der Waals surface area contributed by atoms with Crippen LogP contribution >= 0.6 is 11.6 Å². The van der Waals surface area contributed by atoms with E-state index in [0.717, 1.165) is 12.2 Å². The predicted octanol–water partition coefficient (Wildman–Crippen LogP) is 2.94. The molecule has 4 nitrogen and oxygen atoms in total. The third kappa shape index (κ3) is 4.38. The first-order valence-corrected chi connectivity index (χ1v) is 6.19. The Kier molecular flexibility index (Phi) is 5.00. The molecular formula is C12H20ClN3O. The van der Waals surface area contributed by atoms with Gasteiger partial charge in [0.05, 0.1) is 19.5 Å². The lowest BCUT2D eigenvalue weighted by Crippen LogP contribution is -2.34. The van der Waals surface area contributed by atoms with Crippen molar-refractivity contribution in [2.45, 2.75) is 33.2 Å². The highest BCUT2D eigenvalue weighted by Crippen LogP contribution is 2.25. The van der Waals surface area contributed by atoms with Gasteiger partial charge in [0.1, 0.15) is 5.82 Å². The molecule has 0 spiro atoms. The summed E-state index contributed by atoms with van der Waals surface area (Å²) in [5, 5.41) is 3.36. The Morgan fingerprint density at radius 1 is 1.41 bits per heavy atom. The predicted molar refractivity (Wildman–Crippen MR) is 70.8 cm³/mol. The van der Waals surface area contributed by atoms with Crippen LogP contribution in [-0.2, 0) is 0 Å². The fourth-order valence-electron chi connectivity index (χ4n) is 1.53. The smallest absolute Gasteiger partial charge is 0.233 e. The van der Waals surface area contributed by atoms with E-state index in [1.165, 1.54) is 0 Å². The molecule has 0 fully saturated rings. The van der Waals surface area contributed by atoms with Gasteiger partial charge in [-0.15, -0.1) is 11.6 Å². The molecule has 1 heterocycles. The highest BCUT2D eigenvalue weighted by molar-refractivity contribution is 6.17. The van der Waals surface area contributed by atoms with Crippen LogP contribution < -0.4 is 10.1 Å². The molecule has 0 amide bonds. The van der Waals surface area contributed by atoms with Gasteiger partial charge < -0.3 is 10.1 Å². The van der Waals surface area contributed by atoms with E-state index >= 15 is 0 Å². The van der Waals surface area contributed by atoms with Crippen LogP contribution in [0, 0.1) is 5.41 Å². The summed E-state index contributed by atoms with van der Waals surface area (Å²) in [6.07, 6.45) is 4.15. The van der Waals surface area contributed by atoms with Gasteiger partial charge in [-0.25, -0.2) is 0 Å². The number of hydrogen-bond acceptors (Lipinski definition) is 4. The number of hydrogen-bond donors (Lipinski definition) is 1. The fraction of sp³-hybridized carbons (Fsp3) is 0.667. The van der Waals surface area contributed by atoms with E-state index in [9.17, 15) is 0 Å². The number of anilines is 1. The summed E-state index contributed by atoms with van der Waals surface area (Å²) in [6.45, 7) is 6.51. The molecule has 1 aromatic rings. The highest BCUT2D eigenvalue weighted by Gasteiger charge is 2.24. The van der Waals surface area contributed by atoms with Gasteiger partial charge in [0.25, 0.3) is 0 Å². The van der Waals surface area contributed by atoms with Crippen LogP contribution in [0.1, 0.15) is 27.2 Å². The number of aromatic nitrogens is 2. The van der Waals surface area contributed by atoms with E-state index in [1.54, 1.807) is 19.5 Å². The Hall–Kier alpha value is -1.03. The Balaban J connectivity index is 2.78. The van der Waals surface area contributed by atoms with Gasteiger partial charge in [-0.2, -0.15) is 4.98 Å². The van der Waals surface area contributed by atoms with Gasteiger partial charge in [-0.3, -0.25) is 4.98 Å². The zero-order chi connectivity index (χ0) is 12.9. The van der Waals surface area contributed by atoms with E-state index < -0.39 is 0 Å². The zero-order valence-electron chi connectivity index (χ0n) is 10.8. The zero-order valence-corrected chi connectivity index (χ0v) is 11.6. The summed E-state index contributed by atoms with van der Waals surface area (Å²) in [6, 6.07) is 0.251. The number of nitrogens with zero attached hydrogens (tertiary/aromatic N) is 2. The van der Waals surface area contributed by atoms with Gasteiger partial charge in [-0.05, 0) is 11.8 Å². The van der Waals surface area contributed by atoms with E-state index in [1.807, 2.05) is 0 Å². The van der Waals surface area contributed by atoms with E-state index in [2.05, 4.69) is 36.1 Å². The second kappa shape index (κ2) is 6.05. The van der Waals surface area contributed by atoms with Crippen LogP contribution in [-0.4, -0.2) is 29.0 Å². The van der Waals surface area contributed by atoms with Crippen molar-refractivity contribution in [2.24, 2.45) is 5.41 Å². The lowest BCUT2D eigenvalue weighted by molar-refractivity contribution is 0.333. The molecule has 1 N–H and O–H groups in total. The standard InChI is InChI=1S/C12H20ClN3O/c1-12(2,3)9(5-6-13)15-10-7-14-8-11(16-10)17-4/h7-9H,5-6H2,1-4H3,(H,15,16). The molecule has 0 saturated heterocycles. The number of halogens is 1. The average Bonchev–Trinajstić information content (AvgIpc) is 2.27. The van der Waals surface area contributed by atoms with E-state index in [-0.39, 0.29) is 11.5 Å². The quantitative estimate of drug-likeness (QED) is 0.824. The summed E-state index contributed by atoms with van der Waals surface area (Å²) in [4.78, 5) is 8.36. The molecule has 5 heteroatoms. The largest absolute Gasteiger partial charge is 0.480 e. The first-order valence-electron chi connectivity index (χ1n) is 5.66. The number of nitrogens with one attached hydrogen (secondary N) is 1. The molecule has 1 atom stereocenters. The Labute approximate surface area is 108 Å². The van der Waals surface area contributed by atoms with Crippen molar-refractivity contribution >= 4 is 17.4 Å². The van der Waals surface area contributed by atoms with Crippen LogP contribution in [0.2, 0.25) is 0 Å². The van der Waals surface area contributed by atoms with Gasteiger partial charge >= 0.3 is 0 Å². The van der Waals surface area contributed by atoms with Gasteiger partial charge in [-0.1, -0.05) is 20.8 Å². The number of methoxy groups -OCH3 is 1. The van der Waals surface area contributed by atoms with Crippen LogP contribution in [0.4, 0.5) is 5.82 Å². The molecule has 1 rings (SSSR count). The summed E-state index contributed by atoms with van der Waals surface area (Å²) < 4.78 is 5.04. The van der Waals surface area contributed by atoms with Crippen molar-refractivity contribution in [3.8, 4) is 5.88 Å². The van der Waals surface area contributed by atoms with Crippen LogP contribution in [0.25, 0.3) is 0 Å². The second-order valence-electron chi connectivity index (χ2n) is 4.99. The minimum Gasteiger partial charge on any atom is -0.480 e. The maximum absolute atomic E-state index is 5.83. The Bertz CT molecular complexity index is 352. The third-order valence-corrected chi connectivity index (χ3v) is 2.81. The molecule has 17 heavy (non-hydrogen) atoms. The van der Waals surface area contributed by atoms with Crippen LogP contribution in [0.3, 0.4) is 0 Å². The highest BCUT2D eigenvalue weighted by atomic mass is 35.5. The van der Waals surface area contributed by atoms with Gasteiger partial charge in [0, 0.05) is 11.9 Å². The lowest BCUT2D eigenvalue weighted by atomic mass is 9.85. The minimum atomic E-state index is 0.111. The molecule has 0 aromatic carbocycles. The van der Waals surface area contributed by atoms with E-state index in [0.29, 0.717) is 11.8 Å². The second-order valence-corrected chi connectivity index (χ2v) is 5.37. The number of rotatable bonds is 5. The molecule has 0 radical (unpaired) electrons. The molecule has 0 bridgehead atoms. The minimum absolute atomic E-state index is 0.111.